The van der Waals surface area contributed by atoms with Crippen LogP contribution >= 0.6 is 0 Å². The van der Waals surface area contributed by atoms with Crippen molar-refractivity contribution in [2.75, 3.05) is 37.4 Å². The van der Waals surface area contributed by atoms with Crippen molar-refractivity contribution in [3.05, 3.63) is 53.4 Å². The second-order valence-corrected chi connectivity index (χ2v) is 8.26. The lowest BCUT2D eigenvalue weighted by molar-refractivity contribution is 0.132. The summed E-state index contributed by atoms with van der Waals surface area (Å²) in [5.41, 5.74) is 7.12. The molecule has 3 N–H and O–H groups in total. The van der Waals surface area contributed by atoms with Gasteiger partial charge in [-0.25, -0.2) is 13.8 Å². The maximum absolute atomic E-state index is 14.1. The number of benzene rings is 1. The van der Waals surface area contributed by atoms with Crippen LogP contribution in [0.5, 0.6) is 0 Å². The number of halogens is 2. The third kappa shape index (κ3) is 3.54. The van der Waals surface area contributed by atoms with E-state index in [4.69, 9.17) is 5.73 Å². The van der Waals surface area contributed by atoms with Gasteiger partial charge in [-0.15, -0.1) is 5.10 Å². The van der Waals surface area contributed by atoms with E-state index in [0.29, 0.717) is 5.82 Å². The van der Waals surface area contributed by atoms with Crippen LogP contribution in [0.2, 0.25) is 0 Å². The van der Waals surface area contributed by atoms with E-state index in [1.165, 1.54) is 12.1 Å². The summed E-state index contributed by atoms with van der Waals surface area (Å²) in [7, 11) is 4.14. The van der Waals surface area contributed by atoms with Crippen molar-refractivity contribution < 1.29 is 8.78 Å². The molecule has 3 aromatic rings. The predicted molar refractivity (Wildman–Crippen MR) is 113 cm³/mol. The third-order valence-electron chi connectivity index (χ3n) is 5.89. The van der Waals surface area contributed by atoms with Gasteiger partial charge in [-0.2, -0.15) is 5.10 Å². The Morgan fingerprint density at radius 2 is 1.90 bits per heavy atom. The van der Waals surface area contributed by atoms with E-state index in [0.717, 1.165) is 41.4 Å². The minimum absolute atomic E-state index is 0.104. The second-order valence-electron chi connectivity index (χ2n) is 8.26. The molecule has 0 unspecified atom stereocenters. The molecular formula is C21H25F2N7. The summed E-state index contributed by atoms with van der Waals surface area (Å²) in [5.74, 6) is -0.116. The highest BCUT2D eigenvalue weighted by atomic mass is 19.1. The Balaban J connectivity index is 1.66. The fourth-order valence-electron chi connectivity index (χ4n) is 3.64. The molecule has 0 saturated carbocycles. The van der Waals surface area contributed by atoms with E-state index in [2.05, 4.69) is 51.3 Å². The number of anilines is 2. The molecule has 2 aromatic heterocycles. The summed E-state index contributed by atoms with van der Waals surface area (Å²) < 4.78 is 27.3. The zero-order chi connectivity index (χ0) is 21.6. The lowest BCUT2D eigenvalue weighted by Crippen LogP contribution is -2.67. The van der Waals surface area contributed by atoms with Crippen LogP contribution in [-0.2, 0) is 0 Å². The van der Waals surface area contributed by atoms with Gasteiger partial charge in [0, 0.05) is 41.7 Å². The monoisotopic (exact) mass is 413 g/mol. The molecule has 30 heavy (non-hydrogen) atoms. The van der Waals surface area contributed by atoms with Crippen molar-refractivity contribution in [1.82, 2.24) is 20.1 Å². The number of hydrogen-bond donors (Lipinski definition) is 2. The van der Waals surface area contributed by atoms with Gasteiger partial charge in [0.1, 0.15) is 23.6 Å². The summed E-state index contributed by atoms with van der Waals surface area (Å²) in [6.45, 7) is 5.79. The highest BCUT2D eigenvalue weighted by Crippen LogP contribution is 2.33. The molecule has 7 nitrogen and oxygen atoms in total. The molecular weight excluding hydrogens is 388 g/mol. The van der Waals surface area contributed by atoms with Gasteiger partial charge in [0.25, 0.3) is 0 Å². The minimum atomic E-state index is -0.913. The average Bonchev–Trinajstić information content (AvgIpc) is 2.67. The standard InChI is InChI=1S/C21H25F2N7/c1-12-16-9-25-18(30-10-21(2,11-30)29(3)4)8-15(16)20(28-27-12)26-19(24)14-6-5-13(22)7-17(14)23/h5-9,19H,10-11,24H2,1-4H3,(H,26,28)/t19-/m0/s1. The average molecular weight is 413 g/mol. The lowest BCUT2D eigenvalue weighted by atomic mass is 9.91. The van der Waals surface area contributed by atoms with Gasteiger partial charge in [-0.3, -0.25) is 0 Å². The number of pyridine rings is 1. The molecule has 0 radical (unpaired) electrons. The summed E-state index contributed by atoms with van der Waals surface area (Å²) in [4.78, 5) is 9.00. The number of fused-ring (bicyclic) bond motifs is 1. The molecule has 9 heteroatoms. The van der Waals surface area contributed by atoms with E-state index in [1.54, 1.807) is 6.20 Å². The molecule has 158 valence electrons. The van der Waals surface area contributed by atoms with Crippen LogP contribution < -0.4 is 16.0 Å². The molecule has 1 aromatic carbocycles. The first-order valence-corrected chi connectivity index (χ1v) is 9.70. The third-order valence-corrected chi connectivity index (χ3v) is 5.89. The Bertz CT molecular complexity index is 1100. The molecule has 1 atom stereocenters. The maximum Gasteiger partial charge on any atom is 0.158 e. The van der Waals surface area contributed by atoms with Gasteiger partial charge in [-0.1, -0.05) is 0 Å². The smallest absolute Gasteiger partial charge is 0.158 e. The van der Waals surface area contributed by atoms with Crippen molar-refractivity contribution in [2.45, 2.75) is 25.6 Å². The Labute approximate surface area is 173 Å². The number of aryl methyl sites for hydroxylation is 1. The molecule has 0 spiro atoms. The van der Waals surface area contributed by atoms with Gasteiger partial charge in [0.05, 0.1) is 11.2 Å². The number of likely N-dealkylation sites (N-methyl/N-ethyl adjacent to an activating group) is 1. The van der Waals surface area contributed by atoms with E-state index < -0.39 is 17.8 Å². The highest BCUT2D eigenvalue weighted by molar-refractivity contribution is 5.94. The SMILES string of the molecule is Cc1nnc(N[C@H](N)c2ccc(F)cc2F)c2cc(N3CC(C)(N(C)C)C3)ncc12. The first kappa shape index (κ1) is 20.4. The van der Waals surface area contributed by atoms with Crippen LogP contribution in [0, 0.1) is 18.6 Å². The summed E-state index contributed by atoms with van der Waals surface area (Å²) >= 11 is 0. The quantitative estimate of drug-likeness (QED) is 0.623. The Morgan fingerprint density at radius 3 is 2.57 bits per heavy atom. The van der Waals surface area contributed by atoms with Crippen LogP contribution in [0.3, 0.4) is 0 Å². The zero-order valence-corrected chi connectivity index (χ0v) is 17.4. The van der Waals surface area contributed by atoms with Crippen molar-refractivity contribution in [3.8, 4) is 0 Å². The van der Waals surface area contributed by atoms with Gasteiger partial charge in [-0.05, 0) is 46.1 Å². The first-order chi connectivity index (χ1) is 14.2. The summed E-state index contributed by atoms with van der Waals surface area (Å²) in [6.07, 6.45) is 0.860. The van der Waals surface area contributed by atoms with Crippen LogP contribution in [0.15, 0.2) is 30.5 Å². The van der Waals surface area contributed by atoms with Gasteiger partial charge in [0.2, 0.25) is 0 Å². The Hall–Kier alpha value is -2.91. The van der Waals surface area contributed by atoms with E-state index in [9.17, 15) is 8.78 Å². The van der Waals surface area contributed by atoms with Crippen molar-refractivity contribution >= 4 is 22.4 Å². The number of rotatable bonds is 5. The van der Waals surface area contributed by atoms with Gasteiger partial charge >= 0.3 is 0 Å². The summed E-state index contributed by atoms with van der Waals surface area (Å²) in [6, 6.07) is 5.25. The van der Waals surface area contributed by atoms with Crippen LogP contribution in [0.1, 0.15) is 24.3 Å². The molecule has 1 aliphatic heterocycles. The second kappa shape index (κ2) is 7.41. The van der Waals surface area contributed by atoms with Crippen molar-refractivity contribution in [1.29, 1.82) is 0 Å². The zero-order valence-electron chi connectivity index (χ0n) is 17.4. The molecule has 0 aliphatic carbocycles. The molecule has 1 fully saturated rings. The lowest BCUT2D eigenvalue weighted by Gasteiger charge is -2.52. The van der Waals surface area contributed by atoms with Crippen molar-refractivity contribution in [3.63, 3.8) is 0 Å². The van der Waals surface area contributed by atoms with Crippen molar-refractivity contribution in [2.24, 2.45) is 5.73 Å². The molecule has 0 amide bonds. The molecule has 4 rings (SSSR count). The van der Waals surface area contributed by atoms with Crippen LogP contribution in [-0.4, -0.2) is 52.8 Å². The van der Waals surface area contributed by atoms with Gasteiger partial charge < -0.3 is 20.9 Å². The Morgan fingerprint density at radius 1 is 1.17 bits per heavy atom. The van der Waals surface area contributed by atoms with Crippen LogP contribution in [0.25, 0.3) is 10.8 Å². The normalized spacial score (nSPS) is 16.6. The van der Waals surface area contributed by atoms with Gasteiger partial charge in [0.15, 0.2) is 5.82 Å². The summed E-state index contributed by atoms with van der Waals surface area (Å²) in [5, 5.41) is 13.0. The topological polar surface area (TPSA) is 83.2 Å². The highest BCUT2D eigenvalue weighted by Gasteiger charge is 2.41. The number of nitrogens with zero attached hydrogens (tertiary/aromatic N) is 5. The van der Waals surface area contributed by atoms with E-state index in [-0.39, 0.29) is 11.1 Å². The minimum Gasteiger partial charge on any atom is -0.353 e. The fourth-order valence-corrected chi connectivity index (χ4v) is 3.64. The number of aromatic nitrogens is 3. The number of nitrogens with one attached hydrogen (secondary N) is 1. The molecule has 1 saturated heterocycles. The molecule has 3 heterocycles. The fraction of sp³-hybridized carbons (Fsp3) is 0.381. The first-order valence-electron chi connectivity index (χ1n) is 9.70. The molecule has 0 bridgehead atoms. The predicted octanol–water partition coefficient (Wildman–Crippen LogP) is 2.82. The van der Waals surface area contributed by atoms with E-state index >= 15 is 0 Å². The Kier molecular flexibility index (Phi) is 5.03. The number of hydrogen-bond acceptors (Lipinski definition) is 7. The number of nitrogens with two attached hydrogens (primary N) is 1. The van der Waals surface area contributed by atoms with E-state index in [1.807, 2.05) is 13.0 Å². The maximum atomic E-state index is 14.1. The molecule has 1 aliphatic rings. The largest absolute Gasteiger partial charge is 0.353 e. The van der Waals surface area contributed by atoms with Crippen LogP contribution in [0.4, 0.5) is 20.4 Å².